The molecule has 3 heteroatoms. The maximum absolute atomic E-state index is 8.35. The topological polar surface area (TPSA) is 23.8 Å². The number of benzene rings is 1. The zero-order valence-corrected chi connectivity index (χ0v) is 8.60. The quantitative estimate of drug-likeness (QED) is 0.379. The molecule has 0 unspecified atom stereocenters. The summed E-state index contributed by atoms with van der Waals surface area (Å²) in [6.07, 6.45) is 0. The Hall–Kier alpha value is 0.0600. The molecule has 0 aromatic heterocycles. The van der Waals surface area contributed by atoms with E-state index in [1.54, 1.807) is 24.3 Å². The molecule has 1 aromatic rings. The van der Waals surface area contributed by atoms with Crippen LogP contribution in [0.1, 0.15) is 6.99 Å². The van der Waals surface area contributed by atoms with Gasteiger partial charge in [-0.1, -0.05) is 0 Å². The summed E-state index contributed by atoms with van der Waals surface area (Å²) in [5.74, 6) is 0. The van der Waals surface area contributed by atoms with Crippen LogP contribution in [-0.4, -0.2) is 0 Å². The summed E-state index contributed by atoms with van der Waals surface area (Å²) < 4.78 is 0. The fourth-order valence-electron chi connectivity index (χ4n) is 0.536. The first kappa shape index (κ1) is 10.1. The van der Waals surface area contributed by atoms with Gasteiger partial charge in [0, 0.05) is 4.90 Å². The van der Waals surface area contributed by atoms with Crippen molar-refractivity contribution in [3.63, 3.8) is 0 Å². The second-order valence-corrected chi connectivity index (χ2v) is 2.18. The normalized spacial score (nSPS) is 7.60. The largest absolute Gasteiger partial charge is 1.00 e. The van der Waals surface area contributed by atoms with Gasteiger partial charge in [0.1, 0.15) is 0 Å². The van der Waals surface area contributed by atoms with Gasteiger partial charge in [-0.25, -0.2) is 0 Å². The zero-order valence-electron chi connectivity index (χ0n) is 6.70. The van der Waals surface area contributed by atoms with E-state index < -0.39 is 0 Å². The molecule has 0 saturated heterocycles. The Morgan fingerprint density at radius 2 is 1.80 bits per heavy atom. The molecule has 10 heavy (non-hydrogen) atoms. The molecule has 0 heterocycles. The third-order valence-corrected chi connectivity index (χ3v) is 1.29. The maximum Gasteiger partial charge on any atom is 1.00 e. The molecule has 0 radical (unpaired) electrons. The molecular weight excluding hydrogens is 153 g/mol. The average Bonchev–Trinajstić information content (AvgIpc) is 1.90. The van der Waals surface area contributed by atoms with Gasteiger partial charge in [-0.3, -0.25) is 0 Å². The first-order chi connectivity index (χ1) is 4.33. The minimum atomic E-state index is 0. The van der Waals surface area contributed by atoms with E-state index in [9.17, 15) is 0 Å². The average molecular weight is 159 g/mol. The molecule has 46 valence electrons. The van der Waals surface area contributed by atoms with Crippen LogP contribution in [0.2, 0.25) is 0 Å². The van der Waals surface area contributed by atoms with Gasteiger partial charge >= 0.3 is 29.6 Å². The van der Waals surface area contributed by atoms with Crippen LogP contribution in [0.4, 0.5) is 0 Å². The van der Waals surface area contributed by atoms with Crippen molar-refractivity contribution in [2.75, 3.05) is 0 Å². The Kier molecular flexibility index (Phi) is 4.84. The van der Waals surface area contributed by atoms with Gasteiger partial charge in [-0.05, 0) is 24.3 Å². The summed E-state index contributed by atoms with van der Waals surface area (Å²) in [5.41, 5.74) is 0.674. The van der Waals surface area contributed by atoms with Crippen molar-refractivity contribution in [2.24, 2.45) is 0 Å². The molecule has 0 amide bonds. The smallest absolute Gasteiger partial charge is 1.00 e. The Bertz CT molecular complexity index is 242. The van der Waals surface area contributed by atoms with Crippen LogP contribution in [0.5, 0.6) is 0 Å². The summed E-state index contributed by atoms with van der Waals surface area (Å²) >= 11 is 4.06. The first-order valence-electron chi connectivity index (χ1n) is 2.52. The monoisotopic (exact) mass is 159 g/mol. The fourth-order valence-corrected chi connectivity index (χ4v) is 0.685. The third kappa shape index (κ3) is 2.76. The Morgan fingerprint density at radius 1 is 1.30 bits per heavy atom. The standard InChI is InChI=1S/C7H5NS.Na.H/c8-5-6-1-3-7(9)4-2-6;;/h1-4,9H;;/q;+1;-1. The number of rotatable bonds is 0. The molecule has 0 saturated carbocycles. The van der Waals surface area contributed by atoms with E-state index in [2.05, 4.69) is 12.6 Å². The summed E-state index contributed by atoms with van der Waals surface area (Å²) in [7, 11) is 0. The SMILES string of the molecule is N#Cc1ccc(S)cc1.[H-].[Na+]. The second-order valence-electron chi connectivity index (χ2n) is 1.66. The molecule has 1 nitrogen and oxygen atoms in total. The third-order valence-electron chi connectivity index (χ3n) is 0.996. The van der Waals surface area contributed by atoms with Crippen molar-refractivity contribution in [2.45, 2.75) is 4.90 Å². The van der Waals surface area contributed by atoms with Crippen LogP contribution < -0.4 is 29.6 Å². The predicted molar refractivity (Wildman–Crippen MR) is 39.5 cm³/mol. The summed E-state index contributed by atoms with van der Waals surface area (Å²) in [6.45, 7) is 0. The van der Waals surface area contributed by atoms with Crippen molar-refractivity contribution in [3.05, 3.63) is 29.8 Å². The minimum absolute atomic E-state index is 0. The molecule has 0 aliphatic carbocycles. The Balaban J connectivity index is 0. The molecular formula is C7H6NNaS. The molecule has 1 aromatic carbocycles. The van der Waals surface area contributed by atoms with Crippen LogP contribution in [0.25, 0.3) is 0 Å². The van der Waals surface area contributed by atoms with E-state index in [-0.39, 0.29) is 31.0 Å². The van der Waals surface area contributed by atoms with Gasteiger partial charge in [-0.2, -0.15) is 5.26 Å². The van der Waals surface area contributed by atoms with E-state index in [1.165, 1.54) is 0 Å². The van der Waals surface area contributed by atoms with Gasteiger partial charge in [0.2, 0.25) is 0 Å². The molecule has 0 atom stereocenters. The zero-order chi connectivity index (χ0) is 6.69. The molecule has 0 bridgehead atoms. The molecule has 0 N–H and O–H groups in total. The molecule has 0 fully saturated rings. The molecule has 1 rings (SSSR count). The second kappa shape index (κ2) is 4.81. The molecule has 0 spiro atoms. The van der Waals surface area contributed by atoms with Gasteiger partial charge in [0.15, 0.2) is 0 Å². The van der Waals surface area contributed by atoms with Gasteiger partial charge in [0.05, 0.1) is 11.6 Å². The summed E-state index contributed by atoms with van der Waals surface area (Å²) in [6, 6.07) is 9.08. The van der Waals surface area contributed by atoms with Crippen molar-refractivity contribution in [3.8, 4) is 6.07 Å². The Labute approximate surface area is 89.2 Å². The van der Waals surface area contributed by atoms with Crippen molar-refractivity contribution in [1.82, 2.24) is 0 Å². The molecule has 0 aliphatic heterocycles. The number of nitrogens with zero attached hydrogens (tertiary/aromatic N) is 1. The number of hydrogen-bond acceptors (Lipinski definition) is 2. The van der Waals surface area contributed by atoms with E-state index in [4.69, 9.17) is 5.26 Å². The Morgan fingerprint density at radius 3 is 2.20 bits per heavy atom. The van der Waals surface area contributed by atoms with E-state index in [0.29, 0.717) is 5.56 Å². The molecule has 0 aliphatic rings. The minimum Gasteiger partial charge on any atom is -1.00 e. The van der Waals surface area contributed by atoms with E-state index >= 15 is 0 Å². The number of nitriles is 1. The van der Waals surface area contributed by atoms with Gasteiger partial charge in [-0.15, -0.1) is 12.6 Å². The van der Waals surface area contributed by atoms with Crippen molar-refractivity contribution in [1.29, 1.82) is 5.26 Å². The fraction of sp³-hybridized carbons (Fsp3) is 0. The van der Waals surface area contributed by atoms with E-state index in [1.807, 2.05) is 6.07 Å². The summed E-state index contributed by atoms with van der Waals surface area (Å²) in [4.78, 5) is 0.883. The van der Waals surface area contributed by atoms with Crippen LogP contribution in [0.15, 0.2) is 29.2 Å². The van der Waals surface area contributed by atoms with E-state index in [0.717, 1.165) is 4.90 Å². The van der Waals surface area contributed by atoms with Crippen LogP contribution in [-0.2, 0) is 0 Å². The van der Waals surface area contributed by atoms with Crippen LogP contribution in [0.3, 0.4) is 0 Å². The van der Waals surface area contributed by atoms with Crippen molar-refractivity contribution >= 4 is 12.6 Å². The predicted octanol–water partition coefficient (Wildman–Crippen LogP) is -1.04. The van der Waals surface area contributed by atoms with Crippen LogP contribution in [0, 0.1) is 11.3 Å². The van der Waals surface area contributed by atoms with Crippen molar-refractivity contribution < 1.29 is 31.0 Å². The van der Waals surface area contributed by atoms with Gasteiger partial charge < -0.3 is 1.43 Å². The van der Waals surface area contributed by atoms with Gasteiger partial charge in [0.25, 0.3) is 0 Å². The number of hydrogen-bond donors (Lipinski definition) is 1. The summed E-state index contributed by atoms with van der Waals surface area (Å²) in [5, 5.41) is 8.35. The van der Waals surface area contributed by atoms with Crippen LogP contribution >= 0.6 is 12.6 Å². The number of thiol groups is 1. The maximum atomic E-state index is 8.35. The first-order valence-corrected chi connectivity index (χ1v) is 2.97.